The van der Waals surface area contributed by atoms with E-state index in [1.54, 1.807) is 35.6 Å². The third-order valence-electron chi connectivity index (χ3n) is 3.72. The van der Waals surface area contributed by atoms with Gasteiger partial charge in [0.15, 0.2) is 5.69 Å². The number of nitrogens with zero attached hydrogens (tertiary/aromatic N) is 1. The number of amides is 1. The van der Waals surface area contributed by atoms with E-state index in [2.05, 4.69) is 10.3 Å². The molecule has 0 aliphatic carbocycles. The fraction of sp³-hybridized carbons (Fsp3) is 0. The molecule has 2 aromatic heterocycles. The van der Waals surface area contributed by atoms with Crippen LogP contribution in [0.3, 0.4) is 0 Å². The van der Waals surface area contributed by atoms with Crippen molar-refractivity contribution in [2.24, 2.45) is 0 Å². The van der Waals surface area contributed by atoms with Gasteiger partial charge in [-0.2, -0.15) is 4.40 Å². The highest BCUT2D eigenvalue weighted by molar-refractivity contribution is 7.14. The highest BCUT2D eigenvalue weighted by atomic mass is 32.1. The molecule has 1 amide bonds. The molecule has 24 heavy (non-hydrogen) atoms. The summed E-state index contributed by atoms with van der Waals surface area (Å²) in [5.74, 6) is -0.994. The van der Waals surface area contributed by atoms with Crippen LogP contribution in [0.1, 0.15) is 10.4 Å². The Bertz CT molecular complexity index is 992. The second kappa shape index (κ2) is 5.90. The van der Waals surface area contributed by atoms with E-state index in [9.17, 15) is 9.18 Å². The first-order valence-corrected chi connectivity index (χ1v) is 8.22. The van der Waals surface area contributed by atoms with Crippen molar-refractivity contribution < 1.29 is 13.6 Å². The maximum Gasteiger partial charge on any atom is 0.343 e. The van der Waals surface area contributed by atoms with Crippen molar-refractivity contribution in [3.05, 3.63) is 77.7 Å². The Morgan fingerprint density at radius 3 is 2.67 bits per heavy atom. The highest BCUT2D eigenvalue weighted by Crippen LogP contribution is 2.21. The number of rotatable bonds is 3. The van der Waals surface area contributed by atoms with Gasteiger partial charge in [-0.15, -0.1) is 0 Å². The number of anilines is 1. The molecule has 2 aromatic carbocycles. The van der Waals surface area contributed by atoms with Gasteiger partial charge < -0.3 is 5.32 Å². The molecule has 4 nitrogen and oxygen atoms in total. The predicted octanol–water partition coefficient (Wildman–Crippen LogP) is 3.87. The van der Waals surface area contributed by atoms with Gasteiger partial charge in [0.05, 0.1) is 5.56 Å². The Morgan fingerprint density at radius 2 is 1.92 bits per heavy atom. The van der Waals surface area contributed by atoms with Crippen LogP contribution in [0.15, 0.2) is 66.3 Å². The molecule has 0 saturated heterocycles. The highest BCUT2D eigenvalue weighted by Gasteiger charge is 2.13. The monoisotopic (exact) mass is 338 g/mol. The lowest BCUT2D eigenvalue weighted by atomic mass is 10.1. The number of nitrogens with one attached hydrogen (secondary N) is 2. The minimum absolute atomic E-state index is 0.0302. The third kappa shape index (κ3) is 2.68. The number of hydrogen-bond donors (Lipinski definition) is 2. The average molecular weight is 338 g/mol. The molecular weight excluding hydrogens is 325 g/mol. The maximum atomic E-state index is 13.6. The van der Waals surface area contributed by atoms with Crippen LogP contribution < -0.4 is 9.72 Å². The molecule has 4 aromatic rings. The van der Waals surface area contributed by atoms with Crippen LogP contribution in [-0.4, -0.2) is 10.9 Å². The van der Waals surface area contributed by atoms with E-state index in [0.29, 0.717) is 5.69 Å². The predicted molar refractivity (Wildman–Crippen MR) is 91.6 cm³/mol. The standard InChI is InChI=1S/C18H12FN3OS/c19-15-4-2-1-3-14(15)17(23)20-13-7-5-12(6-8-13)16-11-22-9-10-24-18(22)21-16/h1-11H,(H,20,23)/p+1. The molecule has 4 rings (SSSR count). The Labute approximate surface area is 141 Å². The molecule has 118 valence electrons. The van der Waals surface area contributed by atoms with Gasteiger partial charge in [0.1, 0.15) is 18.2 Å². The molecule has 0 unspecified atom stereocenters. The summed E-state index contributed by atoms with van der Waals surface area (Å²) in [5, 5.41) is 4.72. The maximum absolute atomic E-state index is 13.6. The lowest BCUT2D eigenvalue weighted by molar-refractivity contribution is -0.505. The normalized spacial score (nSPS) is 10.9. The largest absolute Gasteiger partial charge is 0.343 e. The van der Waals surface area contributed by atoms with Crippen LogP contribution in [0, 0.1) is 5.82 Å². The minimum atomic E-state index is -0.532. The number of carbonyl (C=O) groups is 1. The van der Waals surface area contributed by atoms with E-state index in [0.717, 1.165) is 16.2 Å². The van der Waals surface area contributed by atoms with Crippen molar-refractivity contribution in [3.8, 4) is 11.3 Å². The number of benzene rings is 2. The lowest BCUT2D eigenvalue weighted by Crippen LogP contribution is -2.13. The second-order valence-corrected chi connectivity index (χ2v) is 6.19. The summed E-state index contributed by atoms with van der Waals surface area (Å²) < 4.78 is 15.7. The van der Waals surface area contributed by atoms with E-state index in [4.69, 9.17) is 0 Å². The quantitative estimate of drug-likeness (QED) is 0.547. The number of halogens is 1. The van der Waals surface area contributed by atoms with Gasteiger partial charge in [-0.3, -0.25) is 4.79 Å². The van der Waals surface area contributed by atoms with Gasteiger partial charge in [-0.05, 0) is 36.4 Å². The minimum Gasteiger partial charge on any atom is -0.322 e. The molecule has 6 heteroatoms. The average Bonchev–Trinajstić information content (AvgIpc) is 3.17. The summed E-state index contributed by atoms with van der Waals surface area (Å²) in [6, 6.07) is 13.3. The Morgan fingerprint density at radius 1 is 1.12 bits per heavy atom. The molecule has 0 saturated carbocycles. The molecular formula is C18H13FN3OS+. The molecule has 0 bridgehead atoms. The Kier molecular flexibility index (Phi) is 3.59. The van der Waals surface area contributed by atoms with E-state index in [1.165, 1.54) is 12.1 Å². The van der Waals surface area contributed by atoms with Crippen LogP contribution in [0.5, 0.6) is 0 Å². The van der Waals surface area contributed by atoms with Crippen LogP contribution in [-0.2, 0) is 0 Å². The Balaban J connectivity index is 1.54. The fourth-order valence-electron chi connectivity index (χ4n) is 2.49. The number of H-pyrrole nitrogens is 1. The van der Waals surface area contributed by atoms with Gasteiger partial charge in [0, 0.05) is 16.6 Å². The first-order chi connectivity index (χ1) is 11.7. The number of hydrogen-bond acceptors (Lipinski definition) is 2. The Hall–Kier alpha value is -2.99. The number of thiazole rings is 1. The molecule has 0 radical (unpaired) electrons. The van der Waals surface area contributed by atoms with E-state index < -0.39 is 11.7 Å². The number of imidazole rings is 1. The van der Waals surface area contributed by atoms with Gasteiger partial charge in [-0.25, -0.2) is 9.37 Å². The summed E-state index contributed by atoms with van der Waals surface area (Å²) in [6.07, 6.45) is 4.00. The smallest absolute Gasteiger partial charge is 0.322 e. The molecule has 2 N–H and O–H groups in total. The summed E-state index contributed by atoms with van der Waals surface area (Å²) in [5.41, 5.74) is 2.65. The van der Waals surface area contributed by atoms with E-state index >= 15 is 0 Å². The van der Waals surface area contributed by atoms with E-state index in [-0.39, 0.29) is 5.56 Å². The van der Waals surface area contributed by atoms with Gasteiger partial charge in [0.25, 0.3) is 5.91 Å². The number of carbonyl (C=O) groups excluding carboxylic acids is 1. The molecule has 2 heterocycles. The number of aromatic amines is 1. The summed E-state index contributed by atoms with van der Waals surface area (Å²) in [4.78, 5) is 16.5. The SMILES string of the molecule is O=C(Nc1ccc(-c2c[n+]3ccsc3[nH]2)cc1)c1ccccc1F. The van der Waals surface area contributed by atoms with Crippen molar-refractivity contribution in [1.29, 1.82) is 0 Å². The molecule has 0 fully saturated rings. The molecule has 0 aliphatic rings. The summed E-state index contributed by atoms with van der Waals surface area (Å²) in [7, 11) is 0. The molecule has 0 atom stereocenters. The first kappa shape index (κ1) is 14.6. The zero-order chi connectivity index (χ0) is 16.5. The van der Waals surface area contributed by atoms with Crippen LogP contribution in [0.25, 0.3) is 16.2 Å². The number of aromatic nitrogens is 2. The van der Waals surface area contributed by atoms with Crippen LogP contribution >= 0.6 is 11.3 Å². The molecule has 0 aliphatic heterocycles. The zero-order valence-corrected chi connectivity index (χ0v) is 13.3. The number of fused-ring (bicyclic) bond motifs is 1. The summed E-state index contributed by atoms with van der Waals surface area (Å²) in [6.45, 7) is 0. The van der Waals surface area contributed by atoms with Crippen LogP contribution in [0.2, 0.25) is 0 Å². The first-order valence-electron chi connectivity index (χ1n) is 7.34. The van der Waals surface area contributed by atoms with Gasteiger partial charge >= 0.3 is 4.96 Å². The van der Waals surface area contributed by atoms with Crippen LogP contribution in [0.4, 0.5) is 10.1 Å². The van der Waals surface area contributed by atoms with Crippen molar-refractivity contribution >= 4 is 27.9 Å². The zero-order valence-electron chi connectivity index (χ0n) is 12.5. The van der Waals surface area contributed by atoms with Crippen molar-refractivity contribution in [2.75, 3.05) is 5.32 Å². The van der Waals surface area contributed by atoms with Crippen molar-refractivity contribution in [3.63, 3.8) is 0 Å². The topological polar surface area (TPSA) is 49.0 Å². The van der Waals surface area contributed by atoms with Crippen molar-refractivity contribution in [1.82, 2.24) is 4.98 Å². The van der Waals surface area contributed by atoms with Crippen molar-refractivity contribution in [2.45, 2.75) is 0 Å². The van der Waals surface area contributed by atoms with Gasteiger partial charge in [-0.1, -0.05) is 23.5 Å². The van der Waals surface area contributed by atoms with E-state index in [1.807, 2.05) is 34.3 Å². The summed E-state index contributed by atoms with van der Waals surface area (Å²) >= 11 is 1.63. The van der Waals surface area contributed by atoms with Gasteiger partial charge in [0.2, 0.25) is 0 Å². The second-order valence-electron chi connectivity index (χ2n) is 5.29. The molecule has 0 spiro atoms. The lowest BCUT2D eigenvalue weighted by Gasteiger charge is -2.06. The fourth-order valence-corrected chi connectivity index (χ4v) is 3.22. The third-order valence-corrected chi connectivity index (χ3v) is 4.51.